The molecular weight excluding hydrogens is 270 g/mol. The number of carbonyl (C=O) groups excluding carboxylic acids is 1. The molecule has 2 N–H and O–H groups in total. The molecule has 1 atom stereocenters. The number of carboxylic acids is 1. The van der Waals surface area contributed by atoms with Gasteiger partial charge in [0.05, 0.1) is 25.0 Å². The van der Waals surface area contributed by atoms with Crippen LogP contribution in [0.1, 0.15) is 32.8 Å². The molecule has 0 heterocycles. The highest BCUT2D eigenvalue weighted by Gasteiger charge is 2.29. The van der Waals surface area contributed by atoms with Crippen LogP contribution < -0.4 is 5.32 Å². The van der Waals surface area contributed by atoms with E-state index in [2.05, 4.69) is 5.32 Å². The molecule has 21 heavy (non-hydrogen) atoms. The third kappa shape index (κ3) is 6.40. The first-order valence-electron chi connectivity index (χ1n) is 6.95. The molecule has 5 nitrogen and oxygen atoms in total. The molecule has 0 saturated carbocycles. The van der Waals surface area contributed by atoms with Crippen LogP contribution in [0.25, 0.3) is 0 Å². The van der Waals surface area contributed by atoms with Crippen LogP contribution in [0.3, 0.4) is 0 Å². The van der Waals surface area contributed by atoms with Crippen LogP contribution in [0.5, 0.6) is 0 Å². The average molecular weight is 293 g/mol. The Hall–Kier alpha value is -1.88. The minimum absolute atomic E-state index is 0.0906. The molecule has 1 rings (SSSR count). The molecule has 0 aromatic heterocycles. The van der Waals surface area contributed by atoms with Crippen molar-refractivity contribution in [1.82, 2.24) is 5.32 Å². The molecule has 1 amide bonds. The minimum Gasteiger partial charge on any atom is -0.481 e. The summed E-state index contributed by atoms with van der Waals surface area (Å²) in [6.45, 7) is 5.95. The van der Waals surface area contributed by atoms with Crippen molar-refractivity contribution in [3.63, 3.8) is 0 Å². The van der Waals surface area contributed by atoms with Gasteiger partial charge in [0.25, 0.3) is 0 Å². The molecule has 0 fully saturated rings. The number of rotatable bonds is 8. The zero-order valence-electron chi connectivity index (χ0n) is 12.8. The lowest BCUT2D eigenvalue weighted by molar-refractivity contribution is -0.138. The number of aliphatic carboxylic acids is 1. The number of carbonyl (C=O) groups is 2. The molecule has 1 unspecified atom stereocenters. The highest BCUT2D eigenvalue weighted by Crippen LogP contribution is 2.17. The van der Waals surface area contributed by atoms with Gasteiger partial charge in [-0.1, -0.05) is 30.3 Å². The molecule has 0 radical (unpaired) electrons. The number of benzene rings is 1. The number of hydrogen-bond donors (Lipinski definition) is 2. The fourth-order valence-corrected chi connectivity index (χ4v) is 1.80. The van der Waals surface area contributed by atoms with E-state index in [0.717, 1.165) is 5.56 Å². The first-order valence-corrected chi connectivity index (χ1v) is 6.95. The molecule has 5 heteroatoms. The van der Waals surface area contributed by atoms with E-state index in [9.17, 15) is 9.59 Å². The summed E-state index contributed by atoms with van der Waals surface area (Å²) in [5, 5.41) is 11.4. The lowest BCUT2D eigenvalue weighted by Gasteiger charge is -2.25. The lowest BCUT2D eigenvalue weighted by atomic mass is 9.93. The highest BCUT2D eigenvalue weighted by atomic mass is 16.5. The normalized spacial score (nSPS) is 12.7. The second-order valence-electron chi connectivity index (χ2n) is 5.83. The van der Waals surface area contributed by atoms with Crippen LogP contribution in [0.15, 0.2) is 30.3 Å². The number of ether oxygens (including phenoxy) is 1. The number of amides is 1. The zero-order chi connectivity index (χ0) is 15.9. The molecule has 1 aromatic rings. The van der Waals surface area contributed by atoms with Crippen molar-refractivity contribution < 1.29 is 19.4 Å². The first kappa shape index (κ1) is 17.2. The summed E-state index contributed by atoms with van der Waals surface area (Å²) in [5.41, 5.74) is 0.342. The van der Waals surface area contributed by atoms with Crippen LogP contribution in [-0.2, 0) is 20.9 Å². The quantitative estimate of drug-likeness (QED) is 0.770. The Morgan fingerprint density at radius 3 is 2.48 bits per heavy atom. The first-order chi connectivity index (χ1) is 9.81. The van der Waals surface area contributed by atoms with Gasteiger partial charge in [0, 0.05) is 6.04 Å². The van der Waals surface area contributed by atoms with Crippen molar-refractivity contribution in [2.45, 2.75) is 39.8 Å². The summed E-state index contributed by atoms with van der Waals surface area (Å²) in [6.07, 6.45) is -0.0906. The van der Waals surface area contributed by atoms with Crippen LogP contribution in [-0.4, -0.2) is 29.6 Å². The van der Waals surface area contributed by atoms with E-state index >= 15 is 0 Å². The van der Waals surface area contributed by atoms with Crippen molar-refractivity contribution in [3.8, 4) is 0 Å². The molecule has 0 spiro atoms. The molecule has 116 valence electrons. The van der Waals surface area contributed by atoms with Gasteiger partial charge in [0.15, 0.2) is 0 Å². The zero-order valence-corrected chi connectivity index (χ0v) is 12.8. The van der Waals surface area contributed by atoms with Gasteiger partial charge in [-0.15, -0.1) is 0 Å². The van der Waals surface area contributed by atoms with E-state index in [1.807, 2.05) is 30.3 Å². The summed E-state index contributed by atoms with van der Waals surface area (Å²) < 4.78 is 5.59. The molecule has 0 saturated heterocycles. The maximum absolute atomic E-state index is 12.1. The Morgan fingerprint density at radius 2 is 1.90 bits per heavy atom. The molecule has 0 aliphatic rings. The van der Waals surface area contributed by atoms with Gasteiger partial charge in [0.1, 0.15) is 0 Å². The predicted molar refractivity (Wildman–Crippen MR) is 79.7 cm³/mol. The number of carboxylic acid groups (broad SMARTS) is 1. The fraction of sp³-hybridized carbons (Fsp3) is 0.500. The summed E-state index contributed by atoms with van der Waals surface area (Å²) in [4.78, 5) is 22.7. The van der Waals surface area contributed by atoms with Gasteiger partial charge in [0.2, 0.25) is 5.91 Å². The van der Waals surface area contributed by atoms with E-state index in [1.54, 1.807) is 20.8 Å². The highest BCUT2D eigenvalue weighted by molar-refractivity contribution is 5.82. The second-order valence-corrected chi connectivity index (χ2v) is 5.83. The number of hydrogen-bond acceptors (Lipinski definition) is 3. The van der Waals surface area contributed by atoms with Gasteiger partial charge in [-0.3, -0.25) is 9.59 Å². The Morgan fingerprint density at radius 1 is 1.29 bits per heavy atom. The standard InChI is InChI=1S/C16H23NO4/c1-12(9-14(18)19)17-15(20)16(2,3)11-21-10-13-7-5-4-6-8-13/h4-8,12H,9-11H2,1-3H3,(H,17,20)(H,18,19). The van der Waals surface area contributed by atoms with Crippen LogP contribution in [0.4, 0.5) is 0 Å². The van der Waals surface area contributed by atoms with Crippen LogP contribution >= 0.6 is 0 Å². The van der Waals surface area contributed by atoms with Crippen molar-refractivity contribution >= 4 is 11.9 Å². The van der Waals surface area contributed by atoms with E-state index in [0.29, 0.717) is 6.61 Å². The molecular formula is C16H23NO4. The van der Waals surface area contributed by atoms with Gasteiger partial charge in [-0.2, -0.15) is 0 Å². The van der Waals surface area contributed by atoms with Crippen LogP contribution in [0, 0.1) is 5.41 Å². The molecule has 1 aromatic carbocycles. The minimum atomic E-state index is -0.930. The van der Waals surface area contributed by atoms with Crippen molar-refractivity contribution in [1.29, 1.82) is 0 Å². The van der Waals surface area contributed by atoms with Gasteiger partial charge < -0.3 is 15.2 Å². The Balaban J connectivity index is 2.41. The maximum Gasteiger partial charge on any atom is 0.305 e. The van der Waals surface area contributed by atoms with Gasteiger partial charge >= 0.3 is 5.97 Å². The fourth-order valence-electron chi connectivity index (χ4n) is 1.80. The maximum atomic E-state index is 12.1. The Bertz CT molecular complexity index is 470. The third-order valence-corrected chi connectivity index (χ3v) is 3.05. The Kier molecular flexibility index (Phi) is 6.37. The predicted octanol–water partition coefficient (Wildman–Crippen LogP) is 2.21. The largest absolute Gasteiger partial charge is 0.481 e. The third-order valence-electron chi connectivity index (χ3n) is 3.05. The summed E-state index contributed by atoms with van der Waals surface area (Å²) in [6, 6.07) is 9.33. The topological polar surface area (TPSA) is 75.6 Å². The smallest absolute Gasteiger partial charge is 0.305 e. The number of nitrogens with one attached hydrogen (secondary N) is 1. The van der Waals surface area contributed by atoms with Crippen molar-refractivity contribution in [2.24, 2.45) is 5.41 Å². The molecule has 0 aliphatic carbocycles. The van der Waals surface area contributed by atoms with Crippen LogP contribution in [0.2, 0.25) is 0 Å². The average Bonchev–Trinajstić information content (AvgIpc) is 2.38. The van der Waals surface area contributed by atoms with Gasteiger partial charge in [-0.25, -0.2) is 0 Å². The second kappa shape index (κ2) is 7.78. The van der Waals surface area contributed by atoms with Crippen molar-refractivity contribution in [3.05, 3.63) is 35.9 Å². The summed E-state index contributed by atoms with van der Waals surface area (Å²) in [5.74, 6) is -1.13. The summed E-state index contributed by atoms with van der Waals surface area (Å²) >= 11 is 0. The Labute approximate surface area is 125 Å². The monoisotopic (exact) mass is 293 g/mol. The SMILES string of the molecule is CC(CC(=O)O)NC(=O)C(C)(C)COCc1ccccc1. The molecule has 0 aliphatic heterocycles. The molecule has 0 bridgehead atoms. The van der Waals surface area contributed by atoms with E-state index in [1.165, 1.54) is 0 Å². The summed E-state index contributed by atoms with van der Waals surface area (Å²) in [7, 11) is 0. The van der Waals surface area contributed by atoms with Crippen molar-refractivity contribution in [2.75, 3.05) is 6.61 Å². The van der Waals surface area contributed by atoms with E-state index in [4.69, 9.17) is 9.84 Å². The van der Waals surface area contributed by atoms with E-state index in [-0.39, 0.29) is 18.9 Å². The van der Waals surface area contributed by atoms with Gasteiger partial charge in [-0.05, 0) is 26.3 Å². The lowest BCUT2D eigenvalue weighted by Crippen LogP contribution is -2.44. The van der Waals surface area contributed by atoms with E-state index < -0.39 is 17.4 Å².